The first-order valence-corrected chi connectivity index (χ1v) is 11.9. The number of Topliss-reactive ketones (excluding diaryl/α,β-unsaturated/α-hetero) is 1. The molecule has 0 unspecified atom stereocenters. The van der Waals surface area contributed by atoms with E-state index in [1.165, 1.54) is 4.90 Å². The van der Waals surface area contributed by atoms with E-state index < -0.39 is 17.7 Å². The van der Waals surface area contributed by atoms with E-state index in [9.17, 15) is 14.7 Å². The van der Waals surface area contributed by atoms with Gasteiger partial charge in [-0.05, 0) is 59.4 Å². The van der Waals surface area contributed by atoms with Crippen molar-refractivity contribution in [3.63, 3.8) is 0 Å². The highest BCUT2D eigenvalue weighted by Crippen LogP contribution is 2.41. The molecule has 2 heterocycles. The van der Waals surface area contributed by atoms with Crippen LogP contribution in [0.3, 0.4) is 0 Å². The molecule has 184 valence electrons. The minimum absolute atomic E-state index is 0.0698. The van der Waals surface area contributed by atoms with E-state index in [2.05, 4.69) is 25.4 Å². The molecule has 36 heavy (non-hydrogen) atoms. The molecule has 1 N–H and O–H groups in total. The van der Waals surface area contributed by atoms with Crippen LogP contribution in [0.5, 0.6) is 5.75 Å². The molecule has 2 aromatic carbocycles. The molecule has 0 bridgehead atoms. The van der Waals surface area contributed by atoms with Crippen LogP contribution in [-0.4, -0.2) is 33.3 Å². The molecule has 6 nitrogen and oxygen atoms in total. The summed E-state index contributed by atoms with van der Waals surface area (Å²) in [5, 5.41) is 11.4. The average molecular weight is 483 g/mol. The zero-order chi connectivity index (χ0) is 25.8. The smallest absolute Gasteiger partial charge is 0.295 e. The molecule has 6 heteroatoms. The molecule has 1 aromatic heterocycles. The third-order valence-electron chi connectivity index (χ3n) is 6.34. The number of aliphatic hydroxyl groups is 1. The molecule has 1 atom stereocenters. The van der Waals surface area contributed by atoms with Gasteiger partial charge in [0.25, 0.3) is 11.7 Å². The van der Waals surface area contributed by atoms with E-state index in [0.29, 0.717) is 23.8 Å². The van der Waals surface area contributed by atoms with Gasteiger partial charge in [-0.1, -0.05) is 56.8 Å². The maximum Gasteiger partial charge on any atom is 0.295 e. The predicted molar refractivity (Wildman–Crippen MR) is 139 cm³/mol. The normalized spacial score (nSPS) is 17.0. The second-order valence-electron chi connectivity index (χ2n) is 9.19. The number of ketones is 1. The predicted octanol–water partition coefficient (Wildman–Crippen LogP) is 5.70. The summed E-state index contributed by atoms with van der Waals surface area (Å²) in [5.41, 5.74) is 4.01. The standard InChI is InChI=1S/C30H30N2O4/c1-5-15-36-25-13-12-24(16-20(25)4)28(33)26-27(23-10-8-22(9-11-23)19(2)3)32(30(35)29(26)34)18-21-7-6-14-31-17-21/h5-14,16-17,19,27,33H,1,15,18H2,2-4H3/t27-/m0/s1. The van der Waals surface area contributed by atoms with Crippen LogP contribution >= 0.6 is 0 Å². The minimum Gasteiger partial charge on any atom is -0.507 e. The van der Waals surface area contributed by atoms with E-state index in [1.807, 2.05) is 37.3 Å². The fourth-order valence-electron chi connectivity index (χ4n) is 4.40. The van der Waals surface area contributed by atoms with Gasteiger partial charge in [0, 0.05) is 24.5 Å². The van der Waals surface area contributed by atoms with Crippen molar-refractivity contribution in [2.75, 3.05) is 6.61 Å². The van der Waals surface area contributed by atoms with E-state index in [-0.39, 0.29) is 17.9 Å². The van der Waals surface area contributed by atoms with Crippen molar-refractivity contribution in [1.82, 2.24) is 9.88 Å². The Morgan fingerprint density at radius 1 is 1.17 bits per heavy atom. The molecule has 1 aliphatic heterocycles. The Balaban J connectivity index is 1.82. The summed E-state index contributed by atoms with van der Waals surface area (Å²) in [4.78, 5) is 32.2. The van der Waals surface area contributed by atoms with Crippen LogP contribution in [0.4, 0.5) is 0 Å². The average Bonchev–Trinajstić information content (AvgIpc) is 3.13. The number of hydrogen-bond acceptors (Lipinski definition) is 5. The van der Waals surface area contributed by atoms with Crippen LogP contribution in [-0.2, 0) is 16.1 Å². The van der Waals surface area contributed by atoms with Gasteiger partial charge in [-0.15, -0.1) is 0 Å². The van der Waals surface area contributed by atoms with Crippen LogP contribution in [0.2, 0.25) is 0 Å². The Hall–Kier alpha value is -4.19. The monoisotopic (exact) mass is 482 g/mol. The van der Waals surface area contributed by atoms with E-state index in [1.54, 1.807) is 42.7 Å². The zero-order valence-electron chi connectivity index (χ0n) is 20.8. The van der Waals surface area contributed by atoms with Gasteiger partial charge in [0.15, 0.2) is 0 Å². The largest absolute Gasteiger partial charge is 0.507 e. The molecule has 1 fully saturated rings. The number of aromatic nitrogens is 1. The Morgan fingerprint density at radius 2 is 1.92 bits per heavy atom. The Labute approximate surface area is 211 Å². The molecule has 0 spiro atoms. The summed E-state index contributed by atoms with van der Waals surface area (Å²) < 4.78 is 5.64. The molecule has 0 saturated carbocycles. The molecule has 1 saturated heterocycles. The number of amides is 1. The number of benzene rings is 2. The summed E-state index contributed by atoms with van der Waals surface area (Å²) in [6.07, 6.45) is 4.98. The summed E-state index contributed by atoms with van der Waals surface area (Å²) >= 11 is 0. The summed E-state index contributed by atoms with van der Waals surface area (Å²) in [5.74, 6) is -0.576. The molecule has 0 radical (unpaired) electrons. The van der Waals surface area contributed by atoms with E-state index >= 15 is 0 Å². The van der Waals surface area contributed by atoms with Gasteiger partial charge in [-0.25, -0.2) is 0 Å². The van der Waals surface area contributed by atoms with Crippen molar-refractivity contribution in [2.24, 2.45) is 0 Å². The number of aliphatic hydroxyl groups excluding tert-OH is 1. The van der Waals surface area contributed by atoms with Crippen molar-refractivity contribution < 1.29 is 19.4 Å². The highest BCUT2D eigenvalue weighted by molar-refractivity contribution is 6.46. The van der Waals surface area contributed by atoms with E-state index in [4.69, 9.17) is 4.74 Å². The van der Waals surface area contributed by atoms with Crippen molar-refractivity contribution in [2.45, 2.75) is 39.3 Å². The van der Waals surface area contributed by atoms with E-state index in [0.717, 1.165) is 22.3 Å². The summed E-state index contributed by atoms with van der Waals surface area (Å²) in [6.45, 7) is 10.3. The van der Waals surface area contributed by atoms with Crippen LogP contribution in [0.25, 0.3) is 5.76 Å². The fourth-order valence-corrected chi connectivity index (χ4v) is 4.40. The summed E-state index contributed by atoms with van der Waals surface area (Å²) in [6, 6.07) is 15.9. The topological polar surface area (TPSA) is 79.7 Å². The van der Waals surface area contributed by atoms with Gasteiger partial charge in [-0.2, -0.15) is 0 Å². The molecule has 4 rings (SSSR count). The number of carbonyl (C=O) groups is 2. The molecular weight excluding hydrogens is 452 g/mol. The van der Waals surface area contributed by atoms with Gasteiger partial charge in [0.05, 0.1) is 11.6 Å². The Kier molecular flexibility index (Phi) is 7.34. The third-order valence-corrected chi connectivity index (χ3v) is 6.34. The number of rotatable bonds is 8. The van der Waals surface area contributed by atoms with Crippen molar-refractivity contribution in [1.29, 1.82) is 0 Å². The lowest BCUT2D eigenvalue weighted by Crippen LogP contribution is -2.29. The van der Waals surface area contributed by atoms with Gasteiger partial charge in [0.1, 0.15) is 18.1 Å². The van der Waals surface area contributed by atoms with Crippen LogP contribution in [0.15, 0.2) is 85.2 Å². The molecule has 1 aliphatic rings. The first-order chi connectivity index (χ1) is 17.3. The number of pyridine rings is 1. The number of likely N-dealkylation sites (tertiary alicyclic amines) is 1. The second kappa shape index (κ2) is 10.6. The molecule has 0 aliphatic carbocycles. The maximum absolute atomic E-state index is 13.3. The molecule has 1 amide bonds. The van der Waals surface area contributed by atoms with Crippen LogP contribution in [0, 0.1) is 6.92 Å². The molecular formula is C30H30N2O4. The highest BCUT2D eigenvalue weighted by Gasteiger charge is 2.46. The highest BCUT2D eigenvalue weighted by atomic mass is 16.5. The SMILES string of the molecule is C=CCOc1ccc(C(O)=C2C(=O)C(=O)N(Cc3cccnc3)[C@H]2c2ccc(C(C)C)cc2)cc1C. The van der Waals surface area contributed by atoms with Gasteiger partial charge < -0.3 is 14.7 Å². The maximum atomic E-state index is 13.3. The first-order valence-electron chi connectivity index (χ1n) is 11.9. The third kappa shape index (κ3) is 4.93. The second-order valence-corrected chi connectivity index (χ2v) is 9.19. The van der Waals surface area contributed by atoms with Crippen LogP contribution in [0.1, 0.15) is 53.6 Å². The Morgan fingerprint density at radius 3 is 2.53 bits per heavy atom. The van der Waals surface area contributed by atoms with Gasteiger partial charge >= 0.3 is 0 Å². The number of nitrogens with zero attached hydrogens (tertiary/aromatic N) is 2. The minimum atomic E-state index is -0.733. The lowest BCUT2D eigenvalue weighted by molar-refractivity contribution is -0.140. The number of hydrogen-bond donors (Lipinski definition) is 1. The first kappa shape index (κ1) is 24.9. The number of aryl methyl sites for hydroxylation is 1. The quantitative estimate of drug-likeness (QED) is 0.193. The van der Waals surface area contributed by atoms with Crippen molar-refractivity contribution in [3.8, 4) is 5.75 Å². The van der Waals surface area contributed by atoms with Gasteiger partial charge in [0.2, 0.25) is 0 Å². The van der Waals surface area contributed by atoms with Crippen LogP contribution < -0.4 is 4.74 Å². The van der Waals surface area contributed by atoms with Crippen molar-refractivity contribution in [3.05, 3.63) is 113 Å². The van der Waals surface area contributed by atoms with Crippen molar-refractivity contribution >= 4 is 17.4 Å². The number of carbonyl (C=O) groups excluding carboxylic acids is 2. The molecule has 3 aromatic rings. The zero-order valence-corrected chi connectivity index (χ0v) is 20.8. The Bertz CT molecular complexity index is 1310. The fraction of sp³-hybridized carbons (Fsp3) is 0.233. The lowest BCUT2D eigenvalue weighted by atomic mass is 9.93. The lowest BCUT2D eigenvalue weighted by Gasteiger charge is -2.25. The summed E-state index contributed by atoms with van der Waals surface area (Å²) in [7, 11) is 0. The number of ether oxygens (including phenoxy) is 1. The van der Waals surface area contributed by atoms with Gasteiger partial charge in [-0.3, -0.25) is 14.6 Å².